The molecule has 0 spiro atoms. The van der Waals surface area contributed by atoms with Crippen LogP contribution in [0.2, 0.25) is 5.02 Å². The summed E-state index contributed by atoms with van der Waals surface area (Å²) in [6, 6.07) is 8.78. The summed E-state index contributed by atoms with van der Waals surface area (Å²) in [6.45, 7) is 1.70. The van der Waals surface area contributed by atoms with Gasteiger partial charge in [-0.15, -0.1) is 0 Å². The maximum absolute atomic E-state index is 13.1. The minimum absolute atomic E-state index is 0.232. The fourth-order valence-corrected chi connectivity index (χ4v) is 1.89. The van der Waals surface area contributed by atoms with Crippen molar-refractivity contribution in [2.45, 2.75) is 6.92 Å². The minimum atomic E-state index is -0.979. The molecule has 2 aromatic rings. The summed E-state index contributed by atoms with van der Waals surface area (Å²) in [6.07, 6.45) is 0. The zero-order valence-electron chi connectivity index (χ0n) is 10.1. The number of carboxylic acid groups (broad SMARTS) is 1. The second kappa shape index (κ2) is 5.28. The van der Waals surface area contributed by atoms with Gasteiger partial charge in [-0.3, -0.25) is 0 Å². The minimum Gasteiger partial charge on any atom is -0.478 e. The number of hydrogen-bond acceptors (Lipinski definition) is 2. The number of aromatic carboxylic acids is 1. The van der Waals surface area contributed by atoms with Crippen LogP contribution in [0.3, 0.4) is 0 Å². The molecule has 98 valence electrons. The van der Waals surface area contributed by atoms with Crippen molar-refractivity contribution in [1.29, 1.82) is 0 Å². The normalized spacial score (nSPS) is 10.3. The largest absolute Gasteiger partial charge is 0.478 e. The SMILES string of the molecule is Cc1cc(Nc2cc(F)ccc2Cl)ccc1C(=O)O. The number of benzene rings is 2. The first-order valence-electron chi connectivity index (χ1n) is 5.53. The van der Waals surface area contributed by atoms with Crippen LogP contribution in [-0.4, -0.2) is 11.1 Å². The van der Waals surface area contributed by atoms with Gasteiger partial charge in [-0.05, 0) is 48.9 Å². The molecule has 0 aliphatic rings. The van der Waals surface area contributed by atoms with Gasteiger partial charge in [0.05, 0.1) is 16.3 Å². The van der Waals surface area contributed by atoms with E-state index >= 15 is 0 Å². The summed E-state index contributed by atoms with van der Waals surface area (Å²) in [7, 11) is 0. The number of rotatable bonds is 3. The van der Waals surface area contributed by atoms with Gasteiger partial charge < -0.3 is 10.4 Å². The van der Waals surface area contributed by atoms with Gasteiger partial charge in [0.2, 0.25) is 0 Å². The standard InChI is InChI=1S/C14H11ClFNO2/c1-8-6-10(3-4-11(8)14(18)19)17-13-7-9(16)2-5-12(13)15/h2-7,17H,1H3,(H,18,19). The van der Waals surface area contributed by atoms with Crippen LogP contribution < -0.4 is 5.32 Å². The van der Waals surface area contributed by atoms with E-state index in [0.29, 0.717) is 22.0 Å². The number of anilines is 2. The molecular formula is C14H11ClFNO2. The highest BCUT2D eigenvalue weighted by Gasteiger charge is 2.08. The van der Waals surface area contributed by atoms with Crippen molar-refractivity contribution in [3.63, 3.8) is 0 Å². The van der Waals surface area contributed by atoms with Crippen LogP contribution in [0.1, 0.15) is 15.9 Å². The average molecular weight is 280 g/mol. The molecule has 0 fully saturated rings. The fraction of sp³-hybridized carbons (Fsp3) is 0.0714. The van der Waals surface area contributed by atoms with Gasteiger partial charge in [0.1, 0.15) is 5.82 Å². The monoisotopic (exact) mass is 279 g/mol. The Morgan fingerprint density at radius 2 is 2.00 bits per heavy atom. The van der Waals surface area contributed by atoms with E-state index in [9.17, 15) is 9.18 Å². The molecule has 3 nitrogen and oxygen atoms in total. The van der Waals surface area contributed by atoms with Crippen molar-refractivity contribution in [2.75, 3.05) is 5.32 Å². The molecule has 0 aromatic heterocycles. The maximum Gasteiger partial charge on any atom is 0.335 e. The fourth-order valence-electron chi connectivity index (χ4n) is 1.73. The number of carbonyl (C=O) groups is 1. The number of aryl methyl sites for hydroxylation is 1. The molecule has 2 aromatic carbocycles. The number of nitrogens with one attached hydrogen (secondary N) is 1. The topological polar surface area (TPSA) is 49.3 Å². The van der Waals surface area contributed by atoms with E-state index < -0.39 is 11.8 Å². The summed E-state index contributed by atoms with van der Waals surface area (Å²) < 4.78 is 13.1. The molecule has 2 N–H and O–H groups in total. The molecule has 2 rings (SSSR count). The first-order chi connectivity index (χ1) is 8.97. The lowest BCUT2D eigenvalue weighted by Gasteiger charge is -2.10. The molecule has 0 radical (unpaired) electrons. The Labute approximate surface area is 114 Å². The molecule has 0 saturated carbocycles. The van der Waals surface area contributed by atoms with Crippen molar-refractivity contribution < 1.29 is 14.3 Å². The quantitative estimate of drug-likeness (QED) is 0.884. The zero-order chi connectivity index (χ0) is 14.0. The smallest absolute Gasteiger partial charge is 0.335 e. The van der Waals surface area contributed by atoms with Crippen molar-refractivity contribution in [2.24, 2.45) is 0 Å². The zero-order valence-corrected chi connectivity index (χ0v) is 10.8. The molecule has 0 aliphatic carbocycles. The number of halogens is 2. The molecule has 5 heteroatoms. The van der Waals surface area contributed by atoms with Crippen LogP contribution >= 0.6 is 11.6 Å². The van der Waals surface area contributed by atoms with Gasteiger partial charge in [0, 0.05) is 5.69 Å². The van der Waals surface area contributed by atoms with E-state index in [1.165, 1.54) is 24.3 Å². The Balaban J connectivity index is 2.31. The summed E-state index contributed by atoms with van der Waals surface area (Å²) in [5.41, 5.74) is 1.93. The summed E-state index contributed by atoms with van der Waals surface area (Å²) >= 11 is 5.94. The van der Waals surface area contributed by atoms with Crippen LogP contribution in [0.25, 0.3) is 0 Å². The van der Waals surface area contributed by atoms with Gasteiger partial charge >= 0.3 is 5.97 Å². The third kappa shape index (κ3) is 3.03. The first kappa shape index (κ1) is 13.4. The van der Waals surface area contributed by atoms with Crippen LogP contribution in [0.15, 0.2) is 36.4 Å². The molecule has 0 amide bonds. The van der Waals surface area contributed by atoms with Crippen molar-refractivity contribution >= 4 is 28.9 Å². The number of hydrogen-bond donors (Lipinski definition) is 2. The lowest BCUT2D eigenvalue weighted by atomic mass is 10.1. The average Bonchev–Trinajstić information content (AvgIpc) is 2.33. The predicted octanol–water partition coefficient (Wildman–Crippen LogP) is 4.23. The highest BCUT2D eigenvalue weighted by Crippen LogP contribution is 2.27. The summed E-state index contributed by atoms with van der Waals surface area (Å²) in [5.74, 6) is -1.38. The second-order valence-electron chi connectivity index (χ2n) is 4.08. The van der Waals surface area contributed by atoms with Crippen molar-refractivity contribution in [3.8, 4) is 0 Å². The molecule has 0 bridgehead atoms. The Morgan fingerprint density at radius 3 is 2.63 bits per heavy atom. The van der Waals surface area contributed by atoms with Crippen LogP contribution in [-0.2, 0) is 0 Å². The van der Waals surface area contributed by atoms with Gasteiger partial charge in [0.15, 0.2) is 0 Å². The van der Waals surface area contributed by atoms with Crippen LogP contribution in [0.4, 0.5) is 15.8 Å². The Hall–Kier alpha value is -2.07. The molecular weight excluding hydrogens is 269 g/mol. The maximum atomic E-state index is 13.1. The summed E-state index contributed by atoms with van der Waals surface area (Å²) in [5, 5.41) is 12.3. The van der Waals surface area contributed by atoms with Gasteiger partial charge in [-0.1, -0.05) is 11.6 Å². The molecule has 0 heterocycles. The molecule has 0 atom stereocenters. The Bertz CT molecular complexity index is 643. The molecule has 19 heavy (non-hydrogen) atoms. The summed E-state index contributed by atoms with van der Waals surface area (Å²) in [4.78, 5) is 10.9. The first-order valence-corrected chi connectivity index (χ1v) is 5.91. The van der Waals surface area contributed by atoms with Gasteiger partial charge in [0.25, 0.3) is 0 Å². The number of carboxylic acids is 1. The van der Waals surface area contributed by atoms with Gasteiger partial charge in [-0.2, -0.15) is 0 Å². The highest BCUT2D eigenvalue weighted by atomic mass is 35.5. The van der Waals surface area contributed by atoms with E-state index in [4.69, 9.17) is 16.7 Å². The lowest BCUT2D eigenvalue weighted by molar-refractivity contribution is 0.0696. The van der Waals surface area contributed by atoms with E-state index in [1.807, 2.05) is 0 Å². The third-order valence-corrected chi connectivity index (χ3v) is 2.99. The highest BCUT2D eigenvalue weighted by molar-refractivity contribution is 6.33. The molecule has 0 unspecified atom stereocenters. The lowest BCUT2D eigenvalue weighted by Crippen LogP contribution is -2.00. The van der Waals surface area contributed by atoms with Crippen molar-refractivity contribution in [1.82, 2.24) is 0 Å². The molecule has 0 saturated heterocycles. The molecule has 0 aliphatic heterocycles. The van der Waals surface area contributed by atoms with Crippen molar-refractivity contribution in [3.05, 3.63) is 58.4 Å². The van der Waals surface area contributed by atoms with E-state index in [2.05, 4.69) is 5.32 Å². The van der Waals surface area contributed by atoms with Gasteiger partial charge in [-0.25, -0.2) is 9.18 Å². The van der Waals surface area contributed by atoms with Crippen LogP contribution in [0, 0.1) is 12.7 Å². The van der Waals surface area contributed by atoms with Crippen LogP contribution in [0.5, 0.6) is 0 Å². The third-order valence-electron chi connectivity index (χ3n) is 2.66. The van der Waals surface area contributed by atoms with E-state index in [1.54, 1.807) is 19.1 Å². The van der Waals surface area contributed by atoms with E-state index in [-0.39, 0.29) is 5.56 Å². The second-order valence-corrected chi connectivity index (χ2v) is 4.49. The Kier molecular flexibility index (Phi) is 3.71. The Morgan fingerprint density at radius 1 is 1.26 bits per heavy atom. The van der Waals surface area contributed by atoms with E-state index in [0.717, 1.165) is 0 Å². The predicted molar refractivity (Wildman–Crippen MR) is 72.8 cm³/mol.